The van der Waals surface area contributed by atoms with Crippen molar-refractivity contribution in [2.75, 3.05) is 36.8 Å². The molecule has 5 rings (SSSR count). The number of amides is 1. The van der Waals surface area contributed by atoms with Gasteiger partial charge in [0.25, 0.3) is 0 Å². The predicted octanol–water partition coefficient (Wildman–Crippen LogP) is 5.04. The molecule has 0 spiro atoms. The summed E-state index contributed by atoms with van der Waals surface area (Å²) in [6.07, 6.45) is 3.48. The largest absolute Gasteiger partial charge is 0.368 e. The molecule has 0 N–H and O–H groups in total. The second-order valence-corrected chi connectivity index (χ2v) is 10.2. The molecule has 9 heteroatoms. The number of hydrogen-bond acceptors (Lipinski definition) is 6. The molecule has 2 aromatic carbocycles. The first-order chi connectivity index (χ1) is 17.5. The highest BCUT2D eigenvalue weighted by Gasteiger charge is 2.24. The van der Waals surface area contributed by atoms with Crippen LogP contribution >= 0.6 is 23.4 Å². The zero-order chi connectivity index (χ0) is 25.1. The average molecular weight is 519 g/mol. The minimum atomic E-state index is 0.103. The van der Waals surface area contributed by atoms with Crippen LogP contribution in [0.25, 0.3) is 17.1 Å². The van der Waals surface area contributed by atoms with E-state index < -0.39 is 0 Å². The molecule has 1 saturated heterocycles. The van der Waals surface area contributed by atoms with E-state index in [1.807, 2.05) is 51.9 Å². The zero-order valence-electron chi connectivity index (χ0n) is 20.3. The molecular weight excluding hydrogens is 492 g/mol. The van der Waals surface area contributed by atoms with Gasteiger partial charge < -0.3 is 9.80 Å². The van der Waals surface area contributed by atoms with Crippen molar-refractivity contribution in [1.29, 1.82) is 0 Å². The van der Waals surface area contributed by atoms with E-state index in [9.17, 15) is 4.79 Å². The van der Waals surface area contributed by atoms with Crippen molar-refractivity contribution in [2.24, 2.45) is 0 Å². The van der Waals surface area contributed by atoms with E-state index in [1.165, 1.54) is 22.9 Å². The van der Waals surface area contributed by atoms with Crippen molar-refractivity contribution >= 4 is 35.0 Å². The van der Waals surface area contributed by atoms with Crippen molar-refractivity contribution in [2.45, 2.75) is 19.0 Å². The van der Waals surface area contributed by atoms with Gasteiger partial charge in [0.15, 0.2) is 11.0 Å². The Balaban J connectivity index is 1.29. The topological polar surface area (TPSA) is 67.2 Å². The maximum Gasteiger partial charge on any atom is 0.233 e. The van der Waals surface area contributed by atoms with Crippen LogP contribution in [0, 0.1) is 13.8 Å². The fourth-order valence-corrected chi connectivity index (χ4v) is 5.34. The summed E-state index contributed by atoms with van der Waals surface area (Å²) in [6, 6.07) is 18.0. The second kappa shape index (κ2) is 10.7. The maximum absolute atomic E-state index is 13.1. The molecule has 1 amide bonds. The lowest BCUT2D eigenvalue weighted by atomic mass is 10.1. The van der Waals surface area contributed by atoms with Crippen molar-refractivity contribution < 1.29 is 4.79 Å². The first-order valence-corrected chi connectivity index (χ1v) is 13.2. The third-order valence-electron chi connectivity index (χ3n) is 6.33. The van der Waals surface area contributed by atoms with Gasteiger partial charge in [0.05, 0.1) is 5.75 Å². The van der Waals surface area contributed by atoms with Crippen molar-refractivity contribution in [3.8, 4) is 17.1 Å². The molecule has 0 atom stereocenters. The summed E-state index contributed by atoms with van der Waals surface area (Å²) >= 11 is 7.63. The monoisotopic (exact) mass is 518 g/mol. The highest BCUT2D eigenvalue weighted by Crippen LogP contribution is 2.29. The lowest BCUT2D eigenvalue weighted by Gasteiger charge is -2.36. The Labute approximate surface area is 220 Å². The van der Waals surface area contributed by atoms with Crippen molar-refractivity contribution in [3.63, 3.8) is 0 Å². The minimum Gasteiger partial charge on any atom is -0.368 e. The highest BCUT2D eigenvalue weighted by atomic mass is 35.5. The highest BCUT2D eigenvalue weighted by molar-refractivity contribution is 7.99. The normalized spacial score (nSPS) is 13.8. The number of halogens is 1. The van der Waals surface area contributed by atoms with Crippen molar-refractivity contribution in [3.05, 3.63) is 83.1 Å². The van der Waals surface area contributed by atoms with Gasteiger partial charge in [-0.1, -0.05) is 47.1 Å². The number of anilines is 1. The molecule has 0 unspecified atom stereocenters. The SMILES string of the molecule is Cc1ccc(-n2c(SCC(=O)N3CCN(c4cc(Cl)ccc4C)CC3)nnc2-c2ccncc2)cc1. The molecule has 0 bridgehead atoms. The van der Waals surface area contributed by atoms with Crippen LogP contribution in [-0.2, 0) is 4.79 Å². The van der Waals surface area contributed by atoms with Crippen molar-refractivity contribution in [1.82, 2.24) is 24.6 Å². The number of nitrogens with zero attached hydrogens (tertiary/aromatic N) is 6. The Kier molecular flexibility index (Phi) is 7.25. The van der Waals surface area contributed by atoms with Crippen LogP contribution in [0.2, 0.25) is 5.02 Å². The summed E-state index contributed by atoms with van der Waals surface area (Å²) in [4.78, 5) is 21.4. The van der Waals surface area contributed by atoms with Gasteiger partial charge in [0, 0.05) is 60.5 Å². The molecule has 36 heavy (non-hydrogen) atoms. The first kappa shape index (κ1) is 24.3. The van der Waals surface area contributed by atoms with Crippen LogP contribution in [0.1, 0.15) is 11.1 Å². The predicted molar refractivity (Wildman–Crippen MR) is 145 cm³/mol. The minimum absolute atomic E-state index is 0.103. The number of carbonyl (C=O) groups is 1. The van der Waals surface area contributed by atoms with E-state index in [4.69, 9.17) is 11.6 Å². The molecule has 3 heterocycles. The first-order valence-electron chi connectivity index (χ1n) is 11.8. The fraction of sp³-hybridized carbons (Fsp3) is 0.259. The molecule has 184 valence electrons. The summed E-state index contributed by atoms with van der Waals surface area (Å²) in [5.74, 6) is 1.13. The van der Waals surface area contributed by atoms with Crippen LogP contribution in [0.3, 0.4) is 0 Å². The number of carbonyl (C=O) groups excluding carboxylic acids is 1. The van der Waals surface area contributed by atoms with E-state index in [1.54, 1.807) is 12.4 Å². The zero-order valence-corrected chi connectivity index (χ0v) is 21.8. The third-order valence-corrected chi connectivity index (χ3v) is 7.48. The number of hydrogen-bond donors (Lipinski definition) is 0. The second-order valence-electron chi connectivity index (χ2n) is 8.80. The van der Waals surface area contributed by atoms with Gasteiger partial charge in [-0.05, 0) is 55.8 Å². The fourth-order valence-electron chi connectivity index (χ4n) is 4.32. The number of benzene rings is 2. The molecule has 1 aliphatic heterocycles. The number of thioether (sulfide) groups is 1. The van der Waals surface area contributed by atoms with Gasteiger partial charge in [0.1, 0.15) is 0 Å². The Morgan fingerprint density at radius 2 is 1.67 bits per heavy atom. The molecule has 0 radical (unpaired) electrons. The van der Waals surface area contributed by atoms with E-state index in [2.05, 4.69) is 46.1 Å². The van der Waals surface area contributed by atoms with Gasteiger partial charge in [-0.25, -0.2) is 0 Å². The Hall–Kier alpha value is -3.36. The third kappa shape index (κ3) is 5.24. The quantitative estimate of drug-likeness (QED) is 0.333. The standard InChI is InChI=1S/C27H27ClN6OS/c1-19-3-7-23(8-4-19)34-26(21-9-11-29-12-10-21)30-31-27(34)36-18-25(35)33-15-13-32(14-16-33)24-17-22(28)6-5-20(24)2/h3-12,17H,13-16,18H2,1-2H3. The molecule has 1 aliphatic rings. The van der Waals surface area contributed by atoms with Crippen LogP contribution in [0.15, 0.2) is 72.1 Å². The number of aromatic nitrogens is 4. The van der Waals surface area contributed by atoms with Gasteiger partial charge >= 0.3 is 0 Å². The molecule has 4 aromatic rings. The van der Waals surface area contributed by atoms with Crippen LogP contribution < -0.4 is 4.90 Å². The van der Waals surface area contributed by atoms with Gasteiger partial charge in [0.2, 0.25) is 5.91 Å². The molecular formula is C27H27ClN6OS. The average Bonchev–Trinajstić information content (AvgIpc) is 3.34. The van der Waals surface area contributed by atoms with Gasteiger partial charge in [-0.2, -0.15) is 0 Å². The Bertz CT molecular complexity index is 1350. The lowest BCUT2D eigenvalue weighted by Crippen LogP contribution is -2.49. The van der Waals surface area contributed by atoms with E-state index in [0.29, 0.717) is 24.0 Å². The van der Waals surface area contributed by atoms with Gasteiger partial charge in [-0.15, -0.1) is 10.2 Å². The molecule has 1 fully saturated rings. The molecule has 2 aromatic heterocycles. The number of pyridine rings is 1. The lowest BCUT2D eigenvalue weighted by molar-refractivity contribution is -0.128. The molecule has 0 saturated carbocycles. The number of aryl methyl sites for hydroxylation is 2. The smallest absolute Gasteiger partial charge is 0.233 e. The summed E-state index contributed by atoms with van der Waals surface area (Å²) in [5.41, 5.74) is 5.38. The number of piperazine rings is 1. The summed E-state index contributed by atoms with van der Waals surface area (Å²) in [6.45, 7) is 7.06. The van der Waals surface area contributed by atoms with Crippen LogP contribution in [0.5, 0.6) is 0 Å². The van der Waals surface area contributed by atoms with E-state index >= 15 is 0 Å². The van der Waals surface area contributed by atoms with Gasteiger partial charge in [-0.3, -0.25) is 14.3 Å². The maximum atomic E-state index is 13.1. The Morgan fingerprint density at radius 3 is 2.39 bits per heavy atom. The molecule has 7 nitrogen and oxygen atoms in total. The summed E-state index contributed by atoms with van der Waals surface area (Å²) in [5, 5.41) is 10.3. The molecule has 0 aliphatic carbocycles. The van der Waals surface area contributed by atoms with Crippen LogP contribution in [-0.4, -0.2) is 62.5 Å². The summed E-state index contributed by atoms with van der Waals surface area (Å²) < 4.78 is 2.01. The summed E-state index contributed by atoms with van der Waals surface area (Å²) in [7, 11) is 0. The Morgan fingerprint density at radius 1 is 0.944 bits per heavy atom. The van der Waals surface area contributed by atoms with Crippen LogP contribution in [0.4, 0.5) is 5.69 Å². The van der Waals surface area contributed by atoms with E-state index in [0.717, 1.165) is 40.9 Å². The van der Waals surface area contributed by atoms with E-state index in [-0.39, 0.29) is 5.91 Å². The number of rotatable bonds is 6.